The molecule has 0 unspecified atom stereocenters. The molecule has 0 aliphatic heterocycles. The fourth-order valence-corrected chi connectivity index (χ4v) is 3.96. The van der Waals surface area contributed by atoms with Gasteiger partial charge in [0.1, 0.15) is 0 Å². The smallest absolute Gasteiger partial charge is 0.385 e. The van der Waals surface area contributed by atoms with E-state index in [1.165, 1.54) is 121 Å². The first-order valence-corrected chi connectivity index (χ1v) is 12.3. The molecular weight excluding hydrogens is 477 g/mol. The number of hydrogen-bond donors (Lipinski definition) is 0. The van der Waals surface area contributed by atoms with E-state index >= 15 is 0 Å². The molecule has 1 rings (SSSR count). The molecule has 5 heteroatoms. The van der Waals surface area contributed by atoms with Gasteiger partial charge in [0.25, 0.3) is 0 Å². The van der Waals surface area contributed by atoms with Gasteiger partial charge in [0, 0.05) is 31.6 Å². The molecule has 0 radical (unpaired) electrons. The maximum Gasteiger partial charge on any atom is 0.385 e. The molecular formula is C26H46Cl2N2Zn. The quantitative estimate of drug-likeness (QED) is 0.107. The summed E-state index contributed by atoms with van der Waals surface area (Å²) in [6.07, 6.45) is 26.8. The minimum absolute atomic E-state index is 0. The van der Waals surface area contributed by atoms with Crippen molar-refractivity contribution in [1.82, 2.24) is 0 Å². The van der Waals surface area contributed by atoms with Gasteiger partial charge in [-0.1, -0.05) is 128 Å². The van der Waals surface area contributed by atoms with E-state index in [2.05, 4.69) is 24.0 Å². The minimum Gasteiger partial charge on any atom is -1.00 e. The van der Waals surface area contributed by atoms with Crippen LogP contribution in [-0.2, 0) is 25.9 Å². The Hall–Kier alpha value is -0.157. The van der Waals surface area contributed by atoms with Crippen molar-refractivity contribution in [3.63, 3.8) is 0 Å². The third kappa shape index (κ3) is 22.8. The summed E-state index contributed by atoms with van der Waals surface area (Å²) >= 11 is 0. The molecule has 2 nitrogen and oxygen atoms in total. The van der Waals surface area contributed by atoms with E-state index in [1.807, 2.05) is 12.1 Å². The summed E-state index contributed by atoms with van der Waals surface area (Å²) in [6, 6.07) is 7.90. The largest absolute Gasteiger partial charge is 1.00 e. The summed E-state index contributed by atoms with van der Waals surface area (Å²) < 4.78 is 0. The molecule has 0 N–H and O–H groups in total. The van der Waals surface area contributed by atoms with Crippen LogP contribution in [-0.4, -0.2) is 0 Å². The SMILES string of the molecule is CCCCCCCCCCCCCCCCCCCCc1ccc([N+]#N)cc1.Cl.[Cl-].[Zn]. The van der Waals surface area contributed by atoms with Crippen molar-refractivity contribution < 1.29 is 31.9 Å². The minimum atomic E-state index is 0. The summed E-state index contributed by atoms with van der Waals surface area (Å²) in [4.78, 5) is 3.20. The van der Waals surface area contributed by atoms with E-state index in [0.29, 0.717) is 5.69 Å². The normalized spacial score (nSPS) is 9.81. The Kier molecular flexibility index (Phi) is 31.9. The third-order valence-electron chi connectivity index (χ3n) is 5.87. The zero-order valence-corrected chi connectivity index (χ0v) is 24.7. The van der Waals surface area contributed by atoms with Crippen molar-refractivity contribution >= 4 is 18.1 Å². The molecule has 0 atom stereocenters. The summed E-state index contributed by atoms with van der Waals surface area (Å²) in [7, 11) is 0. The molecule has 0 aromatic heterocycles. The van der Waals surface area contributed by atoms with Gasteiger partial charge in [-0.2, -0.15) is 0 Å². The number of rotatable bonds is 19. The second-order valence-corrected chi connectivity index (χ2v) is 8.53. The molecule has 0 aliphatic rings. The van der Waals surface area contributed by atoms with Crippen LogP contribution in [0.15, 0.2) is 24.3 Å². The maximum absolute atomic E-state index is 8.69. The van der Waals surface area contributed by atoms with Gasteiger partial charge in [-0.15, -0.1) is 12.4 Å². The van der Waals surface area contributed by atoms with Gasteiger partial charge in [0.05, 0.1) is 0 Å². The Bertz CT molecular complexity index is 503. The molecule has 0 aliphatic carbocycles. The average Bonchev–Trinajstić information content (AvgIpc) is 2.73. The van der Waals surface area contributed by atoms with Crippen LogP contribution in [0.5, 0.6) is 0 Å². The second-order valence-electron chi connectivity index (χ2n) is 8.53. The Morgan fingerprint density at radius 1 is 0.581 bits per heavy atom. The van der Waals surface area contributed by atoms with Crippen LogP contribution in [0.4, 0.5) is 5.69 Å². The van der Waals surface area contributed by atoms with Crippen molar-refractivity contribution in [3.05, 3.63) is 34.8 Å². The van der Waals surface area contributed by atoms with Crippen LogP contribution >= 0.6 is 12.4 Å². The number of hydrogen-bond acceptors (Lipinski definition) is 1. The number of halogens is 2. The van der Waals surface area contributed by atoms with E-state index in [4.69, 9.17) is 5.39 Å². The number of unbranched alkanes of at least 4 members (excludes halogenated alkanes) is 17. The van der Waals surface area contributed by atoms with E-state index in [0.717, 1.165) is 6.42 Å². The number of diazo groups is 1. The Morgan fingerprint density at radius 2 is 0.903 bits per heavy atom. The van der Waals surface area contributed by atoms with Crippen molar-refractivity contribution in [1.29, 1.82) is 5.39 Å². The molecule has 1 aromatic carbocycles. The first-order chi connectivity index (χ1) is 13.9. The first kappa shape index (κ1) is 35.4. The van der Waals surface area contributed by atoms with E-state index in [1.54, 1.807) is 0 Å². The van der Waals surface area contributed by atoms with Crippen molar-refractivity contribution in [2.45, 2.75) is 129 Å². The predicted molar refractivity (Wildman–Crippen MR) is 131 cm³/mol. The van der Waals surface area contributed by atoms with E-state index in [9.17, 15) is 0 Å². The van der Waals surface area contributed by atoms with E-state index in [-0.39, 0.29) is 44.3 Å². The predicted octanol–water partition coefficient (Wildman–Crippen LogP) is 7.18. The van der Waals surface area contributed by atoms with Gasteiger partial charge >= 0.3 is 5.69 Å². The standard InChI is InChI=1S/C26H45N2.2ClH.Zn/c1-2-3-4-5-6-7-8-9-10-11-12-13-14-15-16-17-18-19-20-25-21-23-26(28-27)24-22-25;;;/h21-24H,2-20H2,1H3;2*1H;/q+1;;;/p-1. The van der Waals surface area contributed by atoms with Gasteiger partial charge in [0.15, 0.2) is 4.98 Å². The van der Waals surface area contributed by atoms with Gasteiger partial charge in [-0.05, 0) is 18.4 Å². The summed E-state index contributed by atoms with van der Waals surface area (Å²) in [6.45, 7) is 2.29. The second kappa shape index (κ2) is 27.9. The van der Waals surface area contributed by atoms with Crippen molar-refractivity contribution in [2.75, 3.05) is 0 Å². The molecule has 0 fully saturated rings. The first-order valence-electron chi connectivity index (χ1n) is 12.3. The average molecular weight is 523 g/mol. The summed E-state index contributed by atoms with van der Waals surface area (Å²) in [5.41, 5.74) is 1.99. The van der Waals surface area contributed by atoms with Crippen LogP contribution in [0.1, 0.15) is 128 Å². The third-order valence-corrected chi connectivity index (χ3v) is 5.87. The summed E-state index contributed by atoms with van der Waals surface area (Å²) in [5.74, 6) is 0. The van der Waals surface area contributed by atoms with Gasteiger partial charge < -0.3 is 12.4 Å². The molecule has 1 aromatic rings. The topological polar surface area (TPSA) is 28.1 Å². The maximum atomic E-state index is 8.69. The van der Waals surface area contributed by atoms with Crippen molar-refractivity contribution in [3.8, 4) is 0 Å². The molecule has 0 saturated heterocycles. The van der Waals surface area contributed by atoms with Gasteiger partial charge in [0.2, 0.25) is 5.39 Å². The monoisotopic (exact) mass is 520 g/mol. The van der Waals surface area contributed by atoms with Crippen molar-refractivity contribution in [2.24, 2.45) is 0 Å². The zero-order chi connectivity index (χ0) is 20.1. The Labute approximate surface area is 218 Å². The number of benzene rings is 1. The molecule has 0 heterocycles. The molecule has 0 saturated carbocycles. The van der Waals surface area contributed by atoms with Gasteiger partial charge in [-0.3, -0.25) is 0 Å². The molecule has 31 heavy (non-hydrogen) atoms. The van der Waals surface area contributed by atoms with Crippen LogP contribution in [0.25, 0.3) is 4.98 Å². The Balaban J connectivity index is -0.00000261. The zero-order valence-electron chi connectivity index (χ0n) is 20.1. The molecule has 0 bridgehead atoms. The summed E-state index contributed by atoms with van der Waals surface area (Å²) in [5, 5.41) is 8.69. The fourth-order valence-electron chi connectivity index (χ4n) is 3.96. The van der Waals surface area contributed by atoms with Crippen LogP contribution in [0.2, 0.25) is 0 Å². The van der Waals surface area contributed by atoms with E-state index < -0.39 is 0 Å². The number of aryl methyl sites for hydroxylation is 1. The molecule has 0 spiro atoms. The van der Waals surface area contributed by atoms with Crippen LogP contribution < -0.4 is 12.4 Å². The Morgan fingerprint density at radius 3 is 1.23 bits per heavy atom. The molecule has 176 valence electrons. The van der Waals surface area contributed by atoms with Gasteiger partial charge in [-0.25, -0.2) is 0 Å². The molecule has 0 amide bonds. The number of nitrogens with zero attached hydrogens (tertiary/aromatic N) is 2. The van der Waals surface area contributed by atoms with Crippen LogP contribution in [0, 0.1) is 5.39 Å². The van der Waals surface area contributed by atoms with Crippen LogP contribution in [0.3, 0.4) is 0 Å². The fraction of sp³-hybridized carbons (Fsp3) is 0.769.